The van der Waals surface area contributed by atoms with Crippen LogP contribution in [0.15, 0.2) is 74.5 Å². The first-order valence-corrected chi connectivity index (χ1v) is 36.8. The second-order valence-electron chi connectivity index (χ2n) is 5.31. The zero-order chi connectivity index (χ0) is 17.2. The molecule has 7 heteroatoms. The van der Waals surface area contributed by atoms with Crippen LogP contribution in [0.2, 0.25) is 0 Å². The van der Waals surface area contributed by atoms with Gasteiger partial charge >= 0.3 is 113 Å². The van der Waals surface area contributed by atoms with E-state index in [-0.39, 0.29) is 23.2 Å². The predicted octanol–water partition coefficient (Wildman–Crippen LogP) is 1.52. The number of hydrogen-bond donors (Lipinski definition) is 0. The molecule has 2 unspecified atom stereocenters. The summed E-state index contributed by atoms with van der Waals surface area (Å²) in [6.07, 6.45) is 2.26. The first kappa shape index (κ1) is 21.9. The van der Waals surface area contributed by atoms with Crippen LogP contribution in [0, 0.1) is 0 Å². The monoisotopic (exact) mass is 774 g/mol. The van der Waals surface area contributed by atoms with Crippen molar-refractivity contribution in [2.75, 3.05) is 0 Å². The topological polar surface area (TPSA) is 0 Å². The van der Waals surface area contributed by atoms with Crippen molar-refractivity contribution in [3.05, 3.63) is 85.7 Å². The van der Waals surface area contributed by atoms with Crippen LogP contribution in [0.4, 0.5) is 0 Å². The van der Waals surface area contributed by atoms with E-state index >= 15 is 0 Å². The van der Waals surface area contributed by atoms with Crippen molar-refractivity contribution in [3.63, 3.8) is 0 Å². The van der Waals surface area contributed by atoms with E-state index in [4.69, 9.17) is 0 Å². The van der Waals surface area contributed by atoms with E-state index in [9.17, 15) is 0 Å². The molecule has 25 heavy (non-hydrogen) atoms. The predicted molar refractivity (Wildman–Crippen MR) is 114 cm³/mol. The number of benzene rings is 2. The van der Waals surface area contributed by atoms with E-state index in [0.29, 0.717) is 27.4 Å². The van der Waals surface area contributed by atoms with E-state index < -0.39 is 0 Å². The van der Waals surface area contributed by atoms with Gasteiger partial charge in [-0.3, -0.25) is 0 Å². The van der Waals surface area contributed by atoms with Crippen LogP contribution in [0.5, 0.6) is 0 Å². The third kappa shape index (κ3) is 9.01. The number of rotatable bonds is 5. The van der Waals surface area contributed by atoms with Crippen molar-refractivity contribution < 1.29 is 23.2 Å². The van der Waals surface area contributed by atoms with Gasteiger partial charge in [-0.2, -0.15) is 0 Å². The van der Waals surface area contributed by atoms with Crippen molar-refractivity contribution in [3.8, 4) is 0 Å². The van der Waals surface area contributed by atoms with Gasteiger partial charge in [-0.1, -0.05) is 60.7 Å². The van der Waals surface area contributed by atoms with Gasteiger partial charge in [0.15, 0.2) is 0 Å². The normalized spacial score (nSPS) is 19.0. The average Bonchev–Trinajstić information content (AvgIpc) is 3.37. The van der Waals surface area contributed by atoms with E-state index in [1.165, 1.54) is 11.1 Å². The Bertz CT molecular complexity index is 716. The summed E-state index contributed by atoms with van der Waals surface area (Å²) in [6.45, 7) is 0. The first-order valence-electron chi connectivity index (χ1n) is 7.98. The van der Waals surface area contributed by atoms with Crippen LogP contribution in [0.3, 0.4) is 0 Å². The molecule has 0 radical (unpaired) electrons. The van der Waals surface area contributed by atoms with Gasteiger partial charge in [-0.05, 0) is 24.0 Å². The Morgan fingerprint density at radius 1 is 0.640 bits per heavy atom. The smallest absolute Gasteiger partial charge is 0.0238 e. The number of hydrogen-bond acceptors (Lipinski definition) is 0. The molecule has 2 aromatic carbocycles. The molecule has 2 aliphatic rings. The molecule has 0 aromatic heterocycles. The van der Waals surface area contributed by atoms with Gasteiger partial charge in [0, 0.05) is 0 Å². The second kappa shape index (κ2) is 13.4. The number of aryl methyl sites for hydroxylation is 2. The molecule has 0 amide bonds. The first-order chi connectivity index (χ1) is 12.4. The fraction of sp³-hybridized carbons (Fsp3) is 0.111. The van der Waals surface area contributed by atoms with Gasteiger partial charge in [0.1, 0.15) is 0 Å². The zero-order valence-corrected chi connectivity index (χ0v) is 27.8. The van der Waals surface area contributed by atoms with E-state index in [1.54, 1.807) is 0 Å². The summed E-state index contributed by atoms with van der Waals surface area (Å²) in [4.78, 5) is 5.53. The molecule has 0 N–H and O–H groups in total. The molecule has 0 bridgehead atoms. The minimum absolute atomic E-state index is 0.00604. The molecule has 4 rings (SSSR count). The molecule has 0 saturated heterocycles. The van der Waals surface area contributed by atoms with Crippen LogP contribution in [-0.4, -0.2) is 75.8 Å². The Hall–Kier alpha value is 2.15. The minimum Gasteiger partial charge on any atom is -0.0622 e. The van der Waals surface area contributed by atoms with Gasteiger partial charge in [0.05, 0.1) is 0 Å². The van der Waals surface area contributed by atoms with Gasteiger partial charge < -0.3 is 0 Å². The van der Waals surface area contributed by atoms with Crippen molar-refractivity contribution >= 4 is 75.8 Å². The van der Waals surface area contributed by atoms with Gasteiger partial charge in [-0.25, -0.2) is 0 Å². The summed E-state index contributed by atoms with van der Waals surface area (Å²) >= 11 is 4.87. The standard InChI is InChI=1S/C14H14.2C2H2As3.Zr/c1-3-7-13(8-4-1)11-12-14-9-5-2-6-10-14;2*1-2-4-5-3-1;/h1-10H,11-12H2;2*1,3H;. The Morgan fingerprint density at radius 2 is 1.08 bits per heavy atom. The maximum atomic E-state index is 2.77. The fourth-order valence-corrected chi connectivity index (χ4v) is 110. The van der Waals surface area contributed by atoms with Gasteiger partial charge in [0.2, 0.25) is 0 Å². The molecule has 2 heterocycles. The van der Waals surface area contributed by atoms with E-state index in [0.717, 1.165) is 61.3 Å². The van der Waals surface area contributed by atoms with Crippen LogP contribution >= 0.6 is 0 Å². The van der Waals surface area contributed by atoms with Crippen molar-refractivity contribution in [1.29, 1.82) is 0 Å². The summed E-state index contributed by atoms with van der Waals surface area (Å²) in [5.74, 6) is 0. The van der Waals surface area contributed by atoms with Crippen molar-refractivity contribution in [2.24, 2.45) is 0 Å². The van der Waals surface area contributed by atoms with Gasteiger partial charge in [-0.15, -0.1) is 0 Å². The minimum atomic E-state index is 0.00604. The summed E-state index contributed by atoms with van der Waals surface area (Å²) in [7, 11) is 0. The van der Waals surface area contributed by atoms with Crippen molar-refractivity contribution in [1.82, 2.24) is 0 Å². The van der Waals surface area contributed by atoms with Gasteiger partial charge in [0.25, 0.3) is 0 Å². The van der Waals surface area contributed by atoms with Crippen LogP contribution in [-0.2, 0) is 36.1 Å². The Morgan fingerprint density at radius 3 is 1.44 bits per heavy atom. The largest absolute Gasteiger partial charge is 0.0622 e. The molecular formula is C18H18As6Zr. The molecule has 2 aliphatic heterocycles. The Kier molecular flexibility index (Phi) is 11.7. The Balaban J connectivity index is 0.000000150. The maximum absolute atomic E-state index is 2.77. The zero-order valence-electron chi connectivity index (χ0n) is 13.6. The molecule has 0 saturated carbocycles. The summed E-state index contributed by atoms with van der Waals surface area (Å²) < 4.78 is 4.25. The molecular weight excluding hydrogens is 757 g/mol. The van der Waals surface area contributed by atoms with Crippen LogP contribution in [0.1, 0.15) is 11.1 Å². The third-order valence-electron chi connectivity index (χ3n) is 3.48. The average molecular weight is 775 g/mol. The molecule has 0 fully saturated rings. The fourth-order valence-electron chi connectivity index (χ4n) is 2.23. The summed E-state index contributed by atoms with van der Waals surface area (Å²) in [5.41, 5.74) is 2.83. The molecule has 2 aromatic rings. The van der Waals surface area contributed by atoms with Crippen LogP contribution < -0.4 is 0 Å². The second-order valence-corrected chi connectivity index (χ2v) is 56.1. The summed E-state index contributed by atoms with van der Waals surface area (Å²) in [6, 6.07) is 21.2. The third-order valence-corrected chi connectivity index (χ3v) is 67.4. The van der Waals surface area contributed by atoms with E-state index in [1.807, 2.05) is 0 Å². The summed E-state index contributed by atoms with van der Waals surface area (Å²) in [5, 5.41) is 0. The molecule has 124 valence electrons. The molecule has 2 atom stereocenters. The Labute approximate surface area is 194 Å². The van der Waals surface area contributed by atoms with Crippen molar-refractivity contribution in [2.45, 2.75) is 12.8 Å². The van der Waals surface area contributed by atoms with E-state index in [2.05, 4.69) is 74.5 Å². The van der Waals surface area contributed by atoms with Crippen LogP contribution in [0.25, 0.3) is 0 Å². The SMILES string of the molecule is C1=[C]([Zr][C]2=C[AsH][As]=[As]2)[As]=[As][AsH]1.c1ccc(CCc2ccccc2)cc1. The molecule has 0 spiro atoms. The molecule has 0 aliphatic carbocycles. The quantitative estimate of drug-likeness (QED) is 0.405. The maximum Gasteiger partial charge on any atom is -0.0238 e. The molecule has 0 nitrogen and oxygen atoms in total.